The van der Waals surface area contributed by atoms with Gasteiger partial charge in [-0.2, -0.15) is 5.10 Å². The smallest absolute Gasteiger partial charge is 0.0521 e. The zero-order chi connectivity index (χ0) is 12.3. The molecule has 0 saturated carbocycles. The van der Waals surface area contributed by atoms with Gasteiger partial charge in [-0.05, 0) is 42.7 Å². The highest BCUT2D eigenvalue weighted by molar-refractivity contribution is 7.99. The number of benzene rings is 1. The first-order chi connectivity index (χ1) is 8.15. The average molecular weight is 247 g/mol. The van der Waals surface area contributed by atoms with Crippen molar-refractivity contribution in [2.45, 2.75) is 18.2 Å². The Kier molecular flexibility index (Phi) is 3.74. The van der Waals surface area contributed by atoms with Crippen molar-refractivity contribution in [1.82, 2.24) is 9.78 Å². The number of nitrogen functional groups attached to an aromatic ring is 1. The van der Waals surface area contributed by atoms with Gasteiger partial charge in [-0.15, -0.1) is 11.8 Å². The summed E-state index contributed by atoms with van der Waals surface area (Å²) in [4.78, 5) is 1.28. The summed E-state index contributed by atoms with van der Waals surface area (Å²) in [6, 6.07) is 6.20. The Morgan fingerprint density at radius 1 is 1.41 bits per heavy atom. The van der Waals surface area contributed by atoms with Gasteiger partial charge in [0.25, 0.3) is 0 Å². The Balaban J connectivity index is 1.87. The molecule has 4 heteroatoms. The van der Waals surface area contributed by atoms with Crippen LogP contribution < -0.4 is 5.73 Å². The molecule has 0 spiro atoms. The minimum atomic E-state index is 0.863. The largest absolute Gasteiger partial charge is 0.399 e. The Hall–Kier alpha value is -1.42. The number of thioether (sulfide) groups is 1. The minimum absolute atomic E-state index is 0.863. The topological polar surface area (TPSA) is 43.8 Å². The summed E-state index contributed by atoms with van der Waals surface area (Å²) in [5.74, 6) is 1.06. The third kappa shape index (κ3) is 3.27. The zero-order valence-corrected chi connectivity index (χ0v) is 11.0. The van der Waals surface area contributed by atoms with Crippen molar-refractivity contribution in [2.75, 3.05) is 11.5 Å². The van der Waals surface area contributed by atoms with Gasteiger partial charge in [0.2, 0.25) is 0 Å². The average Bonchev–Trinajstić information content (AvgIpc) is 2.70. The molecule has 2 rings (SSSR count). The molecule has 1 heterocycles. The van der Waals surface area contributed by atoms with Crippen LogP contribution in [-0.2, 0) is 13.5 Å². The fraction of sp³-hybridized carbons (Fsp3) is 0.308. The molecule has 2 N–H and O–H groups in total. The summed E-state index contributed by atoms with van der Waals surface area (Å²) in [5.41, 5.74) is 9.09. The molecule has 2 aromatic rings. The lowest BCUT2D eigenvalue weighted by Gasteiger charge is -2.04. The molecule has 0 aliphatic rings. The lowest BCUT2D eigenvalue weighted by molar-refractivity contribution is 0.767. The van der Waals surface area contributed by atoms with Gasteiger partial charge in [0.1, 0.15) is 0 Å². The van der Waals surface area contributed by atoms with E-state index in [1.807, 2.05) is 42.7 Å². The molecule has 3 nitrogen and oxygen atoms in total. The van der Waals surface area contributed by atoms with E-state index < -0.39 is 0 Å². The first-order valence-corrected chi connectivity index (χ1v) is 6.60. The second-order valence-corrected chi connectivity index (χ2v) is 5.31. The van der Waals surface area contributed by atoms with Crippen molar-refractivity contribution >= 4 is 17.4 Å². The zero-order valence-electron chi connectivity index (χ0n) is 10.2. The van der Waals surface area contributed by atoms with Gasteiger partial charge in [-0.1, -0.05) is 0 Å². The molecular weight excluding hydrogens is 230 g/mol. The van der Waals surface area contributed by atoms with Crippen LogP contribution in [0, 0.1) is 6.92 Å². The number of nitrogens with zero attached hydrogens (tertiary/aromatic N) is 2. The maximum atomic E-state index is 5.79. The summed E-state index contributed by atoms with van der Waals surface area (Å²) >= 11 is 1.85. The van der Waals surface area contributed by atoms with Crippen molar-refractivity contribution in [3.05, 3.63) is 41.7 Å². The molecule has 0 fully saturated rings. The van der Waals surface area contributed by atoms with E-state index in [0.717, 1.165) is 23.4 Å². The molecule has 90 valence electrons. The van der Waals surface area contributed by atoms with Gasteiger partial charge in [0, 0.05) is 29.6 Å². The van der Waals surface area contributed by atoms with Crippen LogP contribution in [0.1, 0.15) is 11.1 Å². The van der Waals surface area contributed by atoms with Crippen molar-refractivity contribution in [3.63, 3.8) is 0 Å². The second kappa shape index (κ2) is 5.27. The van der Waals surface area contributed by atoms with E-state index >= 15 is 0 Å². The molecule has 0 saturated heterocycles. The number of nitrogens with two attached hydrogens (primary N) is 1. The van der Waals surface area contributed by atoms with E-state index in [4.69, 9.17) is 5.73 Å². The van der Waals surface area contributed by atoms with Gasteiger partial charge >= 0.3 is 0 Å². The van der Waals surface area contributed by atoms with E-state index in [1.165, 1.54) is 10.5 Å². The monoisotopic (exact) mass is 247 g/mol. The molecule has 1 aromatic heterocycles. The van der Waals surface area contributed by atoms with Crippen LogP contribution in [0.2, 0.25) is 0 Å². The normalized spacial score (nSPS) is 10.7. The van der Waals surface area contributed by atoms with Crippen molar-refractivity contribution in [1.29, 1.82) is 0 Å². The van der Waals surface area contributed by atoms with E-state index in [2.05, 4.69) is 23.4 Å². The van der Waals surface area contributed by atoms with Crippen LogP contribution in [-0.4, -0.2) is 15.5 Å². The molecule has 0 unspecified atom stereocenters. The number of hydrogen-bond acceptors (Lipinski definition) is 3. The fourth-order valence-corrected chi connectivity index (χ4v) is 2.62. The number of aryl methyl sites for hydroxylation is 3. The number of hydrogen-bond donors (Lipinski definition) is 1. The summed E-state index contributed by atoms with van der Waals surface area (Å²) in [5, 5.41) is 4.16. The van der Waals surface area contributed by atoms with Gasteiger partial charge in [-0.3, -0.25) is 4.68 Å². The summed E-state index contributed by atoms with van der Waals surface area (Å²) in [6.07, 6.45) is 5.03. The third-order valence-corrected chi connectivity index (χ3v) is 3.65. The lowest BCUT2D eigenvalue weighted by atomic mass is 10.2. The SMILES string of the molecule is Cc1cc(SCCc2cnn(C)c2)ccc1N. The fourth-order valence-electron chi connectivity index (χ4n) is 1.63. The van der Waals surface area contributed by atoms with E-state index in [9.17, 15) is 0 Å². The van der Waals surface area contributed by atoms with Crippen LogP contribution >= 0.6 is 11.8 Å². The van der Waals surface area contributed by atoms with E-state index in [-0.39, 0.29) is 0 Å². The molecule has 0 atom stereocenters. The number of anilines is 1. The molecule has 17 heavy (non-hydrogen) atoms. The van der Waals surface area contributed by atoms with Crippen LogP contribution in [0.5, 0.6) is 0 Å². The highest BCUT2D eigenvalue weighted by Crippen LogP contribution is 2.23. The van der Waals surface area contributed by atoms with Crippen LogP contribution in [0.3, 0.4) is 0 Å². The Morgan fingerprint density at radius 2 is 2.24 bits per heavy atom. The molecule has 0 aliphatic heterocycles. The first kappa shape index (κ1) is 12.0. The molecular formula is C13H17N3S. The Morgan fingerprint density at radius 3 is 2.88 bits per heavy atom. The predicted molar refractivity (Wildman–Crippen MR) is 73.2 cm³/mol. The molecule has 0 aliphatic carbocycles. The molecule has 0 bridgehead atoms. The molecule has 0 radical (unpaired) electrons. The summed E-state index contributed by atoms with van der Waals surface area (Å²) < 4.78 is 1.84. The summed E-state index contributed by atoms with van der Waals surface area (Å²) in [7, 11) is 1.94. The van der Waals surface area contributed by atoms with Crippen molar-refractivity contribution in [2.24, 2.45) is 7.05 Å². The summed E-state index contributed by atoms with van der Waals surface area (Å²) in [6.45, 7) is 2.04. The van der Waals surface area contributed by atoms with Gasteiger partial charge < -0.3 is 5.73 Å². The first-order valence-electron chi connectivity index (χ1n) is 5.61. The predicted octanol–water partition coefficient (Wildman–Crippen LogP) is 2.65. The van der Waals surface area contributed by atoms with E-state index in [1.54, 1.807) is 0 Å². The number of rotatable bonds is 4. The number of aromatic nitrogens is 2. The van der Waals surface area contributed by atoms with Gasteiger partial charge in [-0.25, -0.2) is 0 Å². The second-order valence-electron chi connectivity index (χ2n) is 4.14. The minimum Gasteiger partial charge on any atom is -0.399 e. The Bertz CT molecular complexity index is 505. The van der Waals surface area contributed by atoms with Crippen LogP contribution in [0.15, 0.2) is 35.5 Å². The van der Waals surface area contributed by atoms with Crippen molar-refractivity contribution < 1.29 is 0 Å². The van der Waals surface area contributed by atoms with Crippen LogP contribution in [0.25, 0.3) is 0 Å². The Labute approximate surface area is 106 Å². The molecule has 0 amide bonds. The third-order valence-electron chi connectivity index (χ3n) is 2.66. The maximum Gasteiger partial charge on any atom is 0.0521 e. The quantitative estimate of drug-likeness (QED) is 0.667. The highest BCUT2D eigenvalue weighted by atomic mass is 32.2. The van der Waals surface area contributed by atoms with Gasteiger partial charge in [0.05, 0.1) is 6.20 Å². The highest BCUT2D eigenvalue weighted by Gasteiger charge is 2.00. The standard InChI is InChI=1S/C13H17N3S/c1-10-7-12(3-4-13(10)14)17-6-5-11-8-15-16(2)9-11/h3-4,7-9H,5-6,14H2,1-2H3. The maximum absolute atomic E-state index is 5.79. The van der Waals surface area contributed by atoms with Gasteiger partial charge in [0.15, 0.2) is 0 Å². The van der Waals surface area contributed by atoms with E-state index in [0.29, 0.717) is 0 Å². The van der Waals surface area contributed by atoms with Crippen molar-refractivity contribution in [3.8, 4) is 0 Å². The lowest BCUT2D eigenvalue weighted by Crippen LogP contribution is -1.90. The molecule has 1 aromatic carbocycles. The van der Waals surface area contributed by atoms with Crippen LogP contribution in [0.4, 0.5) is 5.69 Å².